The Balaban J connectivity index is 1.46. The van der Waals surface area contributed by atoms with Crippen molar-refractivity contribution in [3.8, 4) is 5.75 Å². The zero-order chi connectivity index (χ0) is 24.2. The van der Waals surface area contributed by atoms with E-state index in [1.165, 1.54) is 0 Å². The number of Topliss-reactive ketones (excluding diaryl/α,β-unsaturated/α-hetero) is 1. The fourth-order valence-corrected chi connectivity index (χ4v) is 4.16. The number of nitrogens with zero attached hydrogens (tertiary/aromatic N) is 1. The van der Waals surface area contributed by atoms with E-state index in [1.54, 1.807) is 37.5 Å². The maximum atomic E-state index is 12.6. The zero-order valence-electron chi connectivity index (χ0n) is 20.0. The molecule has 0 bridgehead atoms. The summed E-state index contributed by atoms with van der Waals surface area (Å²) in [4.78, 5) is 27.3. The Hall–Kier alpha value is -2.96. The number of nitrogens with one attached hydrogen (secondary N) is 1. The lowest BCUT2D eigenvalue weighted by Gasteiger charge is -2.27. The van der Waals surface area contributed by atoms with Crippen LogP contribution >= 0.6 is 0 Å². The van der Waals surface area contributed by atoms with Crippen LogP contribution in [0, 0.1) is 0 Å². The molecular weight excluding hydrogens is 428 g/mol. The smallest absolute Gasteiger partial charge is 0.220 e. The summed E-state index contributed by atoms with van der Waals surface area (Å²) in [6, 6.07) is 16.5. The van der Waals surface area contributed by atoms with Crippen molar-refractivity contribution in [1.82, 2.24) is 10.2 Å². The van der Waals surface area contributed by atoms with Gasteiger partial charge in [0.2, 0.25) is 5.91 Å². The van der Waals surface area contributed by atoms with Crippen LogP contribution in [0.5, 0.6) is 5.75 Å². The second kappa shape index (κ2) is 13.7. The van der Waals surface area contributed by atoms with Crippen LogP contribution < -0.4 is 10.1 Å². The summed E-state index contributed by atoms with van der Waals surface area (Å²) < 4.78 is 5.12. The first-order valence-electron chi connectivity index (χ1n) is 12.2. The summed E-state index contributed by atoms with van der Waals surface area (Å²) in [6.45, 7) is 2.62. The van der Waals surface area contributed by atoms with E-state index in [9.17, 15) is 14.7 Å². The first-order valence-corrected chi connectivity index (χ1v) is 12.2. The van der Waals surface area contributed by atoms with Crippen molar-refractivity contribution in [3.05, 3.63) is 71.8 Å². The average molecular weight is 465 g/mol. The van der Waals surface area contributed by atoms with Gasteiger partial charge in [-0.05, 0) is 68.6 Å². The maximum absolute atomic E-state index is 12.6. The number of methoxy groups -OCH3 is 1. The van der Waals surface area contributed by atoms with Gasteiger partial charge in [0, 0.05) is 24.9 Å². The number of aliphatic hydroxyl groups is 1. The van der Waals surface area contributed by atoms with E-state index in [1.807, 2.05) is 36.4 Å². The number of hydrogen-bond acceptors (Lipinski definition) is 5. The number of hydrogen-bond donors (Lipinski definition) is 2. The zero-order valence-corrected chi connectivity index (χ0v) is 20.0. The van der Waals surface area contributed by atoms with Gasteiger partial charge in [0.1, 0.15) is 5.75 Å². The molecule has 34 heavy (non-hydrogen) atoms. The van der Waals surface area contributed by atoms with Crippen LogP contribution in [0.1, 0.15) is 54.4 Å². The first-order chi connectivity index (χ1) is 16.5. The molecule has 0 unspecified atom stereocenters. The standard InChI is InChI=1S/C28H36N2O4/c1-34-24-16-14-23(15-17-24)26(31)11-5-6-12-28(33)29-25(21-30-19-7-8-20-30)27(32)18-13-22-9-3-2-4-10-22/h2-4,9-10,13-18,25,27,32H,5-8,11-12,19-21H2,1H3,(H,29,33)/b18-13+/t25-,27-/m1/s1. The Morgan fingerprint density at radius 2 is 1.71 bits per heavy atom. The molecule has 0 aromatic heterocycles. The van der Waals surface area contributed by atoms with Crippen LogP contribution in [0.3, 0.4) is 0 Å². The highest BCUT2D eigenvalue weighted by molar-refractivity contribution is 5.96. The number of rotatable bonds is 13. The summed E-state index contributed by atoms with van der Waals surface area (Å²) in [7, 11) is 1.59. The predicted octanol–water partition coefficient (Wildman–Crippen LogP) is 4.09. The lowest BCUT2D eigenvalue weighted by Crippen LogP contribution is -2.49. The van der Waals surface area contributed by atoms with Crippen LogP contribution in [0.25, 0.3) is 6.08 Å². The molecule has 6 nitrogen and oxygen atoms in total. The highest BCUT2D eigenvalue weighted by atomic mass is 16.5. The van der Waals surface area contributed by atoms with Gasteiger partial charge in [-0.1, -0.05) is 42.5 Å². The number of benzene rings is 2. The number of ether oxygens (including phenoxy) is 1. The maximum Gasteiger partial charge on any atom is 0.220 e. The van der Waals surface area contributed by atoms with Crippen molar-refractivity contribution in [2.75, 3.05) is 26.7 Å². The van der Waals surface area contributed by atoms with Crippen molar-refractivity contribution in [3.63, 3.8) is 0 Å². The molecule has 3 rings (SSSR count). The number of aliphatic hydroxyl groups excluding tert-OH is 1. The molecule has 0 spiro atoms. The molecule has 1 aliphatic rings. The van der Waals surface area contributed by atoms with Gasteiger partial charge < -0.3 is 20.1 Å². The topological polar surface area (TPSA) is 78.9 Å². The molecule has 2 atom stereocenters. The van der Waals surface area contributed by atoms with Gasteiger partial charge in [-0.2, -0.15) is 0 Å². The van der Waals surface area contributed by atoms with Crippen LogP contribution in [0.15, 0.2) is 60.7 Å². The third-order valence-corrected chi connectivity index (χ3v) is 6.17. The quantitative estimate of drug-likeness (QED) is 0.345. The van der Waals surface area contributed by atoms with E-state index in [2.05, 4.69) is 10.2 Å². The number of likely N-dealkylation sites (tertiary alicyclic amines) is 1. The van der Waals surface area contributed by atoms with Crippen molar-refractivity contribution < 1.29 is 19.4 Å². The Kier molecular flexibility index (Phi) is 10.3. The Morgan fingerprint density at radius 1 is 1.03 bits per heavy atom. The normalized spacial score (nSPS) is 15.8. The molecule has 1 fully saturated rings. The largest absolute Gasteiger partial charge is 0.497 e. The van der Waals surface area contributed by atoms with E-state index in [-0.39, 0.29) is 17.7 Å². The monoisotopic (exact) mass is 464 g/mol. The third-order valence-electron chi connectivity index (χ3n) is 6.17. The molecule has 0 saturated carbocycles. The van der Waals surface area contributed by atoms with E-state index in [0.29, 0.717) is 37.8 Å². The number of unbranched alkanes of at least 4 members (excludes halogenated alkanes) is 1. The molecule has 1 heterocycles. The Bertz CT molecular complexity index is 921. The molecule has 6 heteroatoms. The van der Waals surface area contributed by atoms with E-state index in [0.717, 1.165) is 37.2 Å². The van der Waals surface area contributed by atoms with Crippen LogP contribution in [-0.4, -0.2) is 60.6 Å². The van der Waals surface area contributed by atoms with Crippen molar-refractivity contribution in [2.45, 2.75) is 50.7 Å². The SMILES string of the molecule is COc1ccc(C(=O)CCCCC(=O)N[C@H](CN2CCCC2)[C@H](O)/C=C/c2ccccc2)cc1. The Morgan fingerprint density at radius 3 is 2.38 bits per heavy atom. The molecule has 182 valence electrons. The molecule has 0 aliphatic carbocycles. The molecule has 0 radical (unpaired) electrons. The molecule has 1 amide bonds. The van der Waals surface area contributed by atoms with Gasteiger partial charge >= 0.3 is 0 Å². The molecule has 2 aromatic rings. The minimum Gasteiger partial charge on any atom is -0.497 e. The minimum absolute atomic E-state index is 0.0662. The predicted molar refractivity (Wildman–Crippen MR) is 135 cm³/mol. The molecular formula is C28H36N2O4. The first kappa shape index (κ1) is 25.7. The molecule has 2 aromatic carbocycles. The van der Waals surface area contributed by atoms with Gasteiger partial charge in [-0.15, -0.1) is 0 Å². The fourth-order valence-electron chi connectivity index (χ4n) is 4.16. The Labute approximate surface area is 202 Å². The summed E-state index contributed by atoms with van der Waals surface area (Å²) in [5.41, 5.74) is 1.67. The molecule has 1 aliphatic heterocycles. The van der Waals surface area contributed by atoms with Gasteiger partial charge in [-0.25, -0.2) is 0 Å². The van der Waals surface area contributed by atoms with E-state index >= 15 is 0 Å². The fraction of sp³-hybridized carbons (Fsp3) is 0.429. The average Bonchev–Trinajstić information content (AvgIpc) is 3.38. The van der Waals surface area contributed by atoms with E-state index < -0.39 is 6.10 Å². The van der Waals surface area contributed by atoms with Crippen molar-refractivity contribution >= 4 is 17.8 Å². The number of carbonyl (C=O) groups is 2. The van der Waals surface area contributed by atoms with Gasteiger partial charge in [0.25, 0.3) is 0 Å². The van der Waals surface area contributed by atoms with Gasteiger partial charge in [-0.3, -0.25) is 9.59 Å². The third kappa shape index (κ3) is 8.43. The summed E-state index contributed by atoms with van der Waals surface area (Å²) >= 11 is 0. The highest BCUT2D eigenvalue weighted by Gasteiger charge is 2.24. The van der Waals surface area contributed by atoms with Crippen molar-refractivity contribution in [2.24, 2.45) is 0 Å². The summed E-state index contributed by atoms with van der Waals surface area (Å²) in [6.07, 6.45) is 7.17. The lowest BCUT2D eigenvalue weighted by molar-refractivity contribution is -0.122. The van der Waals surface area contributed by atoms with Gasteiger partial charge in [0.15, 0.2) is 5.78 Å². The molecule has 2 N–H and O–H groups in total. The minimum atomic E-state index is -0.776. The van der Waals surface area contributed by atoms with E-state index in [4.69, 9.17) is 4.74 Å². The van der Waals surface area contributed by atoms with Crippen LogP contribution in [0.2, 0.25) is 0 Å². The number of ketones is 1. The number of carbonyl (C=O) groups excluding carboxylic acids is 2. The second-order valence-electron chi connectivity index (χ2n) is 8.80. The summed E-state index contributed by atoms with van der Waals surface area (Å²) in [5, 5.41) is 13.8. The molecule has 1 saturated heterocycles. The second-order valence-corrected chi connectivity index (χ2v) is 8.80. The van der Waals surface area contributed by atoms with Crippen molar-refractivity contribution in [1.29, 1.82) is 0 Å². The van der Waals surface area contributed by atoms with Crippen LogP contribution in [0.4, 0.5) is 0 Å². The van der Waals surface area contributed by atoms with Gasteiger partial charge in [0.05, 0.1) is 19.3 Å². The highest BCUT2D eigenvalue weighted by Crippen LogP contribution is 2.15. The summed E-state index contributed by atoms with van der Waals surface area (Å²) in [5.74, 6) is 0.696. The van der Waals surface area contributed by atoms with Crippen LogP contribution in [-0.2, 0) is 4.79 Å². The number of amides is 1. The lowest BCUT2D eigenvalue weighted by atomic mass is 10.0.